The molecule has 1 aliphatic carbocycles. The first-order chi connectivity index (χ1) is 11.8. The summed E-state index contributed by atoms with van der Waals surface area (Å²) >= 11 is 0. The molecule has 3 heteroatoms. The van der Waals surface area contributed by atoms with Gasteiger partial charge in [0.2, 0.25) is 5.91 Å². The number of amides is 1. The minimum Gasteiger partial charge on any atom is -0.375 e. The van der Waals surface area contributed by atoms with Gasteiger partial charge in [-0.3, -0.25) is 4.79 Å². The van der Waals surface area contributed by atoms with Crippen LogP contribution in [-0.4, -0.2) is 19.1 Å². The number of carbonyl (C=O) groups is 1. The Bertz CT molecular complexity index is 633. The standard InChI is InChI=1S/C21H25NO2/c23-20(22-15-16-24-17-18-9-3-1-4-10-18)21(13-7-8-14-21)19-11-5-2-6-12-19/h1-6,9-12H,7-8,13-17H2,(H,22,23). The maximum Gasteiger partial charge on any atom is 0.230 e. The lowest BCUT2D eigenvalue weighted by molar-refractivity contribution is -0.126. The second kappa shape index (κ2) is 8.11. The average molecular weight is 323 g/mol. The number of benzene rings is 2. The van der Waals surface area contributed by atoms with Crippen LogP contribution in [-0.2, 0) is 21.6 Å². The Balaban J connectivity index is 1.50. The summed E-state index contributed by atoms with van der Waals surface area (Å²) in [5.41, 5.74) is 1.95. The summed E-state index contributed by atoms with van der Waals surface area (Å²) < 4.78 is 5.66. The van der Waals surface area contributed by atoms with Gasteiger partial charge < -0.3 is 10.1 Å². The zero-order valence-corrected chi connectivity index (χ0v) is 14.0. The molecule has 2 aromatic carbocycles. The van der Waals surface area contributed by atoms with Gasteiger partial charge in [-0.25, -0.2) is 0 Å². The molecule has 0 saturated heterocycles. The van der Waals surface area contributed by atoms with Crippen molar-refractivity contribution < 1.29 is 9.53 Å². The number of carbonyl (C=O) groups excluding carboxylic acids is 1. The third kappa shape index (κ3) is 3.85. The molecule has 2 aromatic rings. The highest BCUT2D eigenvalue weighted by Gasteiger charge is 2.42. The largest absolute Gasteiger partial charge is 0.375 e. The van der Waals surface area contributed by atoms with Crippen molar-refractivity contribution in [2.75, 3.05) is 13.2 Å². The molecule has 0 aliphatic heterocycles. The molecule has 0 bridgehead atoms. The summed E-state index contributed by atoms with van der Waals surface area (Å²) in [6, 6.07) is 20.3. The maximum absolute atomic E-state index is 12.8. The number of nitrogens with one attached hydrogen (secondary N) is 1. The van der Waals surface area contributed by atoms with Gasteiger partial charge in [-0.05, 0) is 24.0 Å². The molecule has 1 fully saturated rings. The number of rotatable bonds is 7. The van der Waals surface area contributed by atoms with Crippen LogP contribution in [0.2, 0.25) is 0 Å². The molecular formula is C21H25NO2. The lowest BCUT2D eigenvalue weighted by Crippen LogP contribution is -2.43. The van der Waals surface area contributed by atoms with Gasteiger partial charge in [-0.2, -0.15) is 0 Å². The van der Waals surface area contributed by atoms with Crippen LogP contribution < -0.4 is 5.32 Å². The Kier molecular flexibility index (Phi) is 5.65. The molecule has 1 N–H and O–H groups in total. The normalized spacial score (nSPS) is 16.0. The van der Waals surface area contributed by atoms with E-state index in [9.17, 15) is 4.79 Å². The van der Waals surface area contributed by atoms with Gasteiger partial charge in [0.25, 0.3) is 0 Å². The molecule has 0 heterocycles. The number of hydrogen-bond acceptors (Lipinski definition) is 2. The van der Waals surface area contributed by atoms with E-state index in [0.717, 1.165) is 36.8 Å². The zero-order chi connectivity index (χ0) is 16.7. The predicted octanol–water partition coefficient (Wildman–Crippen LogP) is 3.83. The molecule has 0 aromatic heterocycles. The molecule has 3 nitrogen and oxygen atoms in total. The smallest absolute Gasteiger partial charge is 0.230 e. The molecule has 0 atom stereocenters. The Hall–Kier alpha value is -2.13. The van der Waals surface area contributed by atoms with E-state index in [4.69, 9.17) is 4.74 Å². The Labute approximate surface area is 144 Å². The predicted molar refractivity (Wildman–Crippen MR) is 95.7 cm³/mol. The van der Waals surface area contributed by atoms with Crippen molar-refractivity contribution in [2.45, 2.75) is 37.7 Å². The Morgan fingerprint density at radius 3 is 2.25 bits per heavy atom. The molecule has 0 radical (unpaired) electrons. The third-order valence-electron chi connectivity index (χ3n) is 4.86. The van der Waals surface area contributed by atoms with Gasteiger partial charge in [-0.15, -0.1) is 0 Å². The minimum atomic E-state index is -0.347. The van der Waals surface area contributed by atoms with Crippen LogP contribution in [0.25, 0.3) is 0 Å². The van der Waals surface area contributed by atoms with E-state index >= 15 is 0 Å². The van der Waals surface area contributed by atoms with E-state index < -0.39 is 0 Å². The first-order valence-electron chi connectivity index (χ1n) is 8.77. The second-order valence-electron chi connectivity index (χ2n) is 6.45. The minimum absolute atomic E-state index is 0.148. The SMILES string of the molecule is O=C(NCCOCc1ccccc1)C1(c2ccccc2)CCCC1. The van der Waals surface area contributed by atoms with Crippen molar-refractivity contribution >= 4 is 5.91 Å². The molecular weight excluding hydrogens is 298 g/mol. The van der Waals surface area contributed by atoms with Crippen LogP contribution in [0.3, 0.4) is 0 Å². The van der Waals surface area contributed by atoms with E-state index in [0.29, 0.717) is 19.8 Å². The summed E-state index contributed by atoms with van der Waals surface area (Å²) in [6.45, 7) is 1.67. The van der Waals surface area contributed by atoms with Gasteiger partial charge in [0.05, 0.1) is 18.6 Å². The van der Waals surface area contributed by atoms with E-state index in [-0.39, 0.29) is 11.3 Å². The molecule has 24 heavy (non-hydrogen) atoms. The first-order valence-corrected chi connectivity index (χ1v) is 8.77. The van der Waals surface area contributed by atoms with Crippen LogP contribution in [0, 0.1) is 0 Å². The number of ether oxygens (including phenoxy) is 1. The van der Waals surface area contributed by atoms with Crippen LogP contribution in [0.1, 0.15) is 36.8 Å². The van der Waals surface area contributed by atoms with Crippen LogP contribution in [0.15, 0.2) is 60.7 Å². The lowest BCUT2D eigenvalue weighted by atomic mass is 9.78. The molecule has 0 unspecified atom stereocenters. The summed E-state index contributed by atoms with van der Waals surface area (Å²) in [4.78, 5) is 12.8. The van der Waals surface area contributed by atoms with E-state index in [1.807, 2.05) is 48.5 Å². The Morgan fingerprint density at radius 2 is 1.58 bits per heavy atom. The third-order valence-corrected chi connectivity index (χ3v) is 4.86. The van der Waals surface area contributed by atoms with Crippen molar-refractivity contribution in [1.29, 1.82) is 0 Å². The van der Waals surface area contributed by atoms with Gasteiger partial charge in [-0.1, -0.05) is 73.5 Å². The topological polar surface area (TPSA) is 38.3 Å². The molecule has 1 amide bonds. The quantitative estimate of drug-likeness (QED) is 0.786. The molecule has 3 rings (SSSR count). The van der Waals surface area contributed by atoms with Crippen LogP contribution in [0.5, 0.6) is 0 Å². The van der Waals surface area contributed by atoms with Crippen LogP contribution in [0.4, 0.5) is 0 Å². The van der Waals surface area contributed by atoms with Crippen LogP contribution >= 0.6 is 0 Å². The van der Waals surface area contributed by atoms with Crippen molar-refractivity contribution in [3.8, 4) is 0 Å². The fourth-order valence-corrected chi connectivity index (χ4v) is 3.55. The highest BCUT2D eigenvalue weighted by Crippen LogP contribution is 2.41. The first kappa shape index (κ1) is 16.7. The number of hydrogen-bond donors (Lipinski definition) is 1. The molecule has 126 valence electrons. The fraction of sp³-hybridized carbons (Fsp3) is 0.381. The van der Waals surface area contributed by atoms with Gasteiger partial charge in [0.15, 0.2) is 0 Å². The summed E-state index contributed by atoms with van der Waals surface area (Å²) in [7, 11) is 0. The fourth-order valence-electron chi connectivity index (χ4n) is 3.55. The Morgan fingerprint density at radius 1 is 0.958 bits per heavy atom. The van der Waals surface area contributed by atoms with Gasteiger partial charge in [0, 0.05) is 6.54 Å². The van der Waals surface area contributed by atoms with Gasteiger partial charge in [0.1, 0.15) is 0 Å². The zero-order valence-electron chi connectivity index (χ0n) is 14.0. The highest BCUT2D eigenvalue weighted by atomic mass is 16.5. The van der Waals surface area contributed by atoms with Gasteiger partial charge >= 0.3 is 0 Å². The molecule has 1 saturated carbocycles. The molecule has 1 aliphatic rings. The summed E-state index contributed by atoms with van der Waals surface area (Å²) in [6.07, 6.45) is 4.11. The van der Waals surface area contributed by atoms with Crippen molar-refractivity contribution in [3.63, 3.8) is 0 Å². The second-order valence-corrected chi connectivity index (χ2v) is 6.45. The lowest BCUT2D eigenvalue weighted by Gasteiger charge is -2.28. The van der Waals surface area contributed by atoms with E-state index in [1.165, 1.54) is 0 Å². The molecule has 0 spiro atoms. The summed E-state index contributed by atoms with van der Waals surface area (Å²) in [5.74, 6) is 0.148. The highest BCUT2D eigenvalue weighted by molar-refractivity contribution is 5.88. The van der Waals surface area contributed by atoms with Crippen molar-refractivity contribution in [1.82, 2.24) is 5.32 Å². The maximum atomic E-state index is 12.8. The monoisotopic (exact) mass is 323 g/mol. The van der Waals surface area contributed by atoms with Crippen molar-refractivity contribution in [3.05, 3.63) is 71.8 Å². The van der Waals surface area contributed by atoms with E-state index in [1.54, 1.807) is 0 Å². The average Bonchev–Trinajstić information content (AvgIpc) is 3.14. The summed E-state index contributed by atoms with van der Waals surface area (Å²) in [5, 5.41) is 3.09. The van der Waals surface area contributed by atoms with E-state index in [2.05, 4.69) is 17.4 Å². The van der Waals surface area contributed by atoms with Crippen molar-refractivity contribution in [2.24, 2.45) is 0 Å².